The van der Waals surface area contributed by atoms with Gasteiger partial charge >= 0.3 is 6.18 Å². The van der Waals surface area contributed by atoms with E-state index in [-0.39, 0.29) is 11.4 Å². The van der Waals surface area contributed by atoms with Crippen molar-refractivity contribution in [3.05, 3.63) is 83.6 Å². The van der Waals surface area contributed by atoms with Gasteiger partial charge in [-0.25, -0.2) is 4.98 Å². The van der Waals surface area contributed by atoms with Gasteiger partial charge < -0.3 is 5.32 Å². The summed E-state index contributed by atoms with van der Waals surface area (Å²) in [6, 6.07) is 17.0. The van der Waals surface area contributed by atoms with Crippen molar-refractivity contribution in [2.24, 2.45) is 0 Å². The van der Waals surface area contributed by atoms with Gasteiger partial charge in [0.25, 0.3) is 5.91 Å². The Bertz CT molecular complexity index is 1300. The van der Waals surface area contributed by atoms with Gasteiger partial charge in [-0.2, -0.15) is 28.2 Å². The Morgan fingerprint density at radius 2 is 1.77 bits per heavy atom. The molecule has 4 aromatic rings. The van der Waals surface area contributed by atoms with Crippen LogP contribution in [0.5, 0.6) is 0 Å². The number of nitrogens with one attached hydrogen (secondary N) is 1. The molecule has 2 aromatic heterocycles. The van der Waals surface area contributed by atoms with Gasteiger partial charge in [0, 0.05) is 5.39 Å². The number of fused-ring (bicyclic) bond motifs is 1. The second-order valence-electron chi connectivity index (χ2n) is 6.29. The van der Waals surface area contributed by atoms with Crippen LogP contribution in [-0.2, 0) is 6.18 Å². The fourth-order valence-corrected chi connectivity index (χ4v) is 3.00. The summed E-state index contributed by atoms with van der Waals surface area (Å²) in [6.07, 6.45) is -3.49. The minimum atomic E-state index is -4.70. The number of amides is 1. The summed E-state index contributed by atoms with van der Waals surface area (Å²) in [5, 5.41) is 16.7. The maximum atomic E-state index is 13.3. The maximum Gasteiger partial charge on any atom is 0.417 e. The average molecular weight is 407 g/mol. The molecule has 0 atom stereocenters. The third-order valence-electron chi connectivity index (χ3n) is 4.40. The average Bonchev–Trinajstić information content (AvgIpc) is 3.15. The predicted octanol–water partition coefficient (Wildman–Crippen LogP) is 4.56. The van der Waals surface area contributed by atoms with Gasteiger partial charge in [0.15, 0.2) is 11.6 Å². The molecule has 30 heavy (non-hydrogen) atoms. The van der Waals surface area contributed by atoms with Crippen LogP contribution in [0.4, 0.5) is 19.0 Å². The highest BCUT2D eigenvalue weighted by molar-refractivity contribution is 6.05. The number of anilines is 1. The summed E-state index contributed by atoms with van der Waals surface area (Å²) in [7, 11) is 0. The van der Waals surface area contributed by atoms with Gasteiger partial charge in [-0.1, -0.05) is 30.3 Å². The standard InChI is InChI=1S/C21H12F3N5O/c22-21(23,24)16-7-3-2-6-15(16)20(30)28-19-14(11-25)12-26-29(19)18-10-9-13-5-1-4-8-17(13)27-18/h1-10,12H,(H,28,30). The zero-order valence-electron chi connectivity index (χ0n) is 15.2. The number of nitrogens with zero attached hydrogens (tertiary/aromatic N) is 4. The molecular weight excluding hydrogens is 395 g/mol. The van der Waals surface area contributed by atoms with Crippen molar-refractivity contribution in [3.8, 4) is 11.9 Å². The molecule has 2 aromatic carbocycles. The second kappa shape index (κ2) is 7.33. The molecule has 0 aliphatic carbocycles. The summed E-state index contributed by atoms with van der Waals surface area (Å²) < 4.78 is 41.0. The highest BCUT2D eigenvalue weighted by atomic mass is 19.4. The number of pyridine rings is 1. The molecule has 148 valence electrons. The number of nitriles is 1. The molecule has 1 N–H and O–H groups in total. The van der Waals surface area contributed by atoms with E-state index in [0.29, 0.717) is 11.3 Å². The molecule has 0 aliphatic heterocycles. The third kappa shape index (κ3) is 3.46. The predicted molar refractivity (Wildman–Crippen MR) is 103 cm³/mol. The molecule has 0 unspecified atom stereocenters. The molecule has 6 nitrogen and oxygen atoms in total. The Morgan fingerprint density at radius 1 is 1.03 bits per heavy atom. The molecule has 9 heteroatoms. The van der Waals surface area contributed by atoms with Crippen LogP contribution in [0.3, 0.4) is 0 Å². The number of para-hydroxylation sites is 1. The van der Waals surface area contributed by atoms with Crippen LogP contribution < -0.4 is 5.32 Å². The molecule has 0 aliphatic rings. The smallest absolute Gasteiger partial charge is 0.305 e. The minimum Gasteiger partial charge on any atom is -0.305 e. The molecule has 2 heterocycles. The summed E-state index contributed by atoms with van der Waals surface area (Å²) in [5.74, 6) is -0.779. The number of hydrogen-bond donors (Lipinski definition) is 1. The first-order chi connectivity index (χ1) is 14.4. The number of hydrogen-bond acceptors (Lipinski definition) is 4. The lowest BCUT2D eigenvalue weighted by molar-refractivity contribution is -0.137. The van der Waals surface area contributed by atoms with Crippen LogP contribution in [0, 0.1) is 11.3 Å². The Hall–Kier alpha value is -4.19. The fraction of sp³-hybridized carbons (Fsp3) is 0.0476. The largest absolute Gasteiger partial charge is 0.417 e. The van der Waals surface area contributed by atoms with Gasteiger partial charge in [0.2, 0.25) is 0 Å². The van der Waals surface area contributed by atoms with Crippen molar-refractivity contribution in [2.45, 2.75) is 6.18 Å². The van der Waals surface area contributed by atoms with Crippen LogP contribution in [-0.4, -0.2) is 20.7 Å². The van der Waals surface area contributed by atoms with Gasteiger partial charge in [-0.05, 0) is 30.3 Å². The lowest BCUT2D eigenvalue weighted by Gasteiger charge is -2.13. The topological polar surface area (TPSA) is 83.6 Å². The van der Waals surface area contributed by atoms with Crippen LogP contribution in [0.15, 0.2) is 66.9 Å². The summed E-state index contributed by atoms with van der Waals surface area (Å²) in [6.45, 7) is 0. The fourth-order valence-electron chi connectivity index (χ4n) is 3.00. The first kappa shape index (κ1) is 19.1. The van der Waals surface area contributed by atoms with E-state index in [4.69, 9.17) is 0 Å². The molecule has 0 radical (unpaired) electrons. The Kier molecular flexibility index (Phi) is 4.68. The molecule has 0 saturated carbocycles. The number of alkyl halides is 3. The zero-order valence-corrected chi connectivity index (χ0v) is 15.2. The van der Waals surface area contributed by atoms with Gasteiger partial charge in [-0.15, -0.1) is 0 Å². The van der Waals surface area contributed by atoms with E-state index in [9.17, 15) is 23.2 Å². The quantitative estimate of drug-likeness (QED) is 0.540. The van der Waals surface area contributed by atoms with Crippen molar-refractivity contribution in [1.82, 2.24) is 14.8 Å². The van der Waals surface area contributed by atoms with Crippen molar-refractivity contribution in [2.75, 3.05) is 5.32 Å². The molecule has 0 spiro atoms. The zero-order chi connectivity index (χ0) is 21.3. The number of carbonyl (C=O) groups is 1. The van der Waals surface area contributed by atoms with Gasteiger partial charge in [0.05, 0.1) is 22.8 Å². The lowest BCUT2D eigenvalue weighted by atomic mass is 10.1. The monoisotopic (exact) mass is 407 g/mol. The number of aromatic nitrogens is 3. The Labute approximate surface area is 168 Å². The van der Waals surface area contributed by atoms with E-state index in [0.717, 1.165) is 17.5 Å². The number of carbonyl (C=O) groups excluding carboxylic acids is 1. The van der Waals surface area contributed by atoms with Crippen molar-refractivity contribution < 1.29 is 18.0 Å². The van der Waals surface area contributed by atoms with E-state index in [1.165, 1.54) is 23.0 Å². The normalized spacial score (nSPS) is 11.3. The van der Waals surface area contributed by atoms with Crippen molar-refractivity contribution in [1.29, 1.82) is 5.26 Å². The highest BCUT2D eigenvalue weighted by Gasteiger charge is 2.35. The first-order valence-electron chi connectivity index (χ1n) is 8.70. The van der Waals surface area contributed by atoms with E-state index < -0.39 is 23.2 Å². The SMILES string of the molecule is N#Cc1cnn(-c2ccc3ccccc3n2)c1NC(=O)c1ccccc1C(F)(F)F. The first-order valence-corrected chi connectivity index (χ1v) is 8.70. The summed E-state index contributed by atoms with van der Waals surface area (Å²) in [5.41, 5.74) is -0.990. The van der Waals surface area contributed by atoms with Crippen molar-refractivity contribution in [3.63, 3.8) is 0 Å². The highest BCUT2D eigenvalue weighted by Crippen LogP contribution is 2.32. The molecule has 0 bridgehead atoms. The van der Waals surface area contributed by atoms with Crippen LogP contribution in [0.1, 0.15) is 21.5 Å². The van der Waals surface area contributed by atoms with E-state index in [1.54, 1.807) is 24.3 Å². The number of benzene rings is 2. The lowest BCUT2D eigenvalue weighted by Crippen LogP contribution is -2.20. The van der Waals surface area contributed by atoms with Crippen LogP contribution >= 0.6 is 0 Å². The van der Waals surface area contributed by atoms with E-state index in [1.807, 2.05) is 18.2 Å². The van der Waals surface area contributed by atoms with Gasteiger partial charge in [-0.3, -0.25) is 4.79 Å². The molecule has 0 saturated heterocycles. The number of rotatable bonds is 3. The summed E-state index contributed by atoms with van der Waals surface area (Å²) in [4.78, 5) is 17.1. The van der Waals surface area contributed by atoms with Gasteiger partial charge in [0.1, 0.15) is 11.6 Å². The van der Waals surface area contributed by atoms with Crippen molar-refractivity contribution >= 4 is 22.6 Å². The summed E-state index contributed by atoms with van der Waals surface area (Å²) >= 11 is 0. The van der Waals surface area contributed by atoms with E-state index >= 15 is 0 Å². The third-order valence-corrected chi connectivity index (χ3v) is 4.40. The molecule has 0 fully saturated rings. The van der Waals surface area contributed by atoms with Crippen LogP contribution in [0.25, 0.3) is 16.7 Å². The Morgan fingerprint density at radius 3 is 2.53 bits per heavy atom. The number of halogens is 3. The van der Waals surface area contributed by atoms with E-state index in [2.05, 4.69) is 15.4 Å². The van der Waals surface area contributed by atoms with Crippen LogP contribution in [0.2, 0.25) is 0 Å². The molecular formula is C21H12F3N5O. The Balaban J connectivity index is 1.76. The molecule has 4 rings (SSSR count). The molecule has 1 amide bonds. The second-order valence-corrected chi connectivity index (χ2v) is 6.29. The minimum absolute atomic E-state index is 0.0113. The maximum absolute atomic E-state index is 13.3.